The van der Waals surface area contributed by atoms with Gasteiger partial charge in [0.25, 0.3) is 0 Å². The summed E-state index contributed by atoms with van der Waals surface area (Å²) in [6, 6.07) is 13.6. The van der Waals surface area contributed by atoms with Gasteiger partial charge in [-0.05, 0) is 42.5 Å². The van der Waals surface area contributed by atoms with Crippen LogP contribution in [0, 0.1) is 11.3 Å². The number of rotatable bonds is 6. The van der Waals surface area contributed by atoms with Gasteiger partial charge >= 0.3 is 18.0 Å². The fourth-order valence-electron chi connectivity index (χ4n) is 2.56. The number of aromatic nitrogens is 2. The summed E-state index contributed by atoms with van der Waals surface area (Å²) in [6.45, 7) is 0.355. The SMILES string of the molecule is N#CCCn1ccc(NC(=O)C(=O)Nc2ccc(Oc3cccc(C(F)(F)F)c3)cc2)n1. The molecule has 32 heavy (non-hydrogen) atoms. The molecule has 3 rings (SSSR count). The monoisotopic (exact) mass is 443 g/mol. The average molecular weight is 443 g/mol. The zero-order valence-corrected chi connectivity index (χ0v) is 16.4. The number of hydrogen-bond acceptors (Lipinski definition) is 5. The van der Waals surface area contributed by atoms with Crippen LogP contribution in [0.2, 0.25) is 0 Å². The Kier molecular flexibility index (Phi) is 6.74. The number of ether oxygens (including phenoxy) is 1. The summed E-state index contributed by atoms with van der Waals surface area (Å²) in [5.41, 5.74) is -0.555. The molecule has 2 aromatic carbocycles. The minimum absolute atomic E-state index is 0.00481. The highest BCUT2D eigenvalue weighted by atomic mass is 19.4. The minimum atomic E-state index is -4.48. The molecule has 164 valence electrons. The van der Waals surface area contributed by atoms with Crippen LogP contribution in [0.1, 0.15) is 12.0 Å². The van der Waals surface area contributed by atoms with Crippen molar-refractivity contribution in [3.8, 4) is 17.6 Å². The second-order valence-corrected chi connectivity index (χ2v) is 6.43. The molecule has 0 saturated carbocycles. The van der Waals surface area contributed by atoms with Crippen LogP contribution in [0.25, 0.3) is 0 Å². The highest BCUT2D eigenvalue weighted by Gasteiger charge is 2.30. The number of carbonyl (C=O) groups excluding carboxylic acids is 2. The molecule has 0 radical (unpaired) electrons. The van der Waals surface area contributed by atoms with E-state index in [2.05, 4.69) is 15.7 Å². The predicted molar refractivity (Wildman–Crippen MR) is 108 cm³/mol. The van der Waals surface area contributed by atoms with Gasteiger partial charge in [-0.25, -0.2) is 0 Å². The Balaban J connectivity index is 1.56. The molecule has 11 heteroatoms. The molecule has 0 fully saturated rings. The van der Waals surface area contributed by atoms with Crippen LogP contribution in [0.15, 0.2) is 60.8 Å². The molecule has 1 heterocycles. The lowest BCUT2D eigenvalue weighted by molar-refractivity contribution is -0.137. The molecule has 0 aliphatic carbocycles. The highest BCUT2D eigenvalue weighted by molar-refractivity contribution is 6.43. The smallest absolute Gasteiger partial charge is 0.416 e. The molecule has 0 atom stereocenters. The predicted octanol–water partition coefficient (Wildman–Crippen LogP) is 4.19. The van der Waals surface area contributed by atoms with Gasteiger partial charge in [-0.3, -0.25) is 14.3 Å². The second-order valence-electron chi connectivity index (χ2n) is 6.43. The van der Waals surface area contributed by atoms with Gasteiger partial charge in [0, 0.05) is 18.0 Å². The van der Waals surface area contributed by atoms with Crippen LogP contribution in [0.5, 0.6) is 11.5 Å². The standard InChI is InChI=1S/C21H16F3N5O3/c22-21(23,24)14-3-1-4-17(13-14)32-16-7-5-15(6-8-16)26-19(30)20(31)27-18-9-12-29(28-18)11-2-10-25/h1,3-9,12-13H,2,11H2,(H,26,30)(H,27,28,31). The van der Waals surface area contributed by atoms with E-state index in [0.29, 0.717) is 6.54 Å². The third-order valence-corrected chi connectivity index (χ3v) is 4.05. The average Bonchev–Trinajstić information content (AvgIpc) is 3.20. The van der Waals surface area contributed by atoms with Gasteiger partial charge in [0.15, 0.2) is 5.82 Å². The van der Waals surface area contributed by atoms with Crippen molar-refractivity contribution in [2.75, 3.05) is 10.6 Å². The maximum absolute atomic E-state index is 12.8. The van der Waals surface area contributed by atoms with Crippen molar-refractivity contribution in [3.63, 3.8) is 0 Å². The zero-order valence-electron chi connectivity index (χ0n) is 16.4. The Bertz CT molecular complexity index is 1150. The Labute approximate surface area is 180 Å². The number of hydrogen-bond donors (Lipinski definition) is 2. The quantitative estimate of drug-likeness (QED) is 0.556. The summed E-state index contributed by atoms with van der Waals surface area (Å²) < 4.78 is 45.2. The van der Waals surface area contributed by atoms with Crippen molar-refractivity contribution >= 4 is 23.3 Å². The van der Waals surface area contributed by atoms with Gasteiger partial charge in [-0.1, -0.05) is 6.07 Å². The lowest BCUT2D eigenvalue weighted by Crippen LogP contribution is -2.29. The molecule has 3 aromatic rings. The number of benzene rings is 2. The molecule has 0 aliphatic rings. The molecule has 0 bridgehead atoms. The van der Waals surface area contributed by atoms with Crippen molar-refractivity contribution in [3.05, 3.63) is 66.4 Å². The summed E-state index contributed by atoms with van der Waals surface area (Å²) >= 11 is 0. The number of nitrogens with zero attached hydrogens (tertiary/aromatic N) is 3. The summed E-state index contributed by atoms with van der Waals surface area (Å²) in [4.78, 5) is 24.1. The Morgan fingerprint density at radius 3 is 2.44 bits per heavy atom. The van der Waals surface area contributed by atoms with E-state index in [9.17, 15) is 22.8 Å². The number of amides is 2. The Morgan fingerprint density at radius 2 is 1.75 bits per heavy atom. The van der Waals surface area contributed by atoms with Gasteiger partial charge < -0.3 is 15.4 Å². The van der Waals surface area contributed by atoms with Crippen molar-refractivity contribution in [1.29, 1.82) is 5.26 Å². The first-order valence-electron chi connectivity index (χ1n) is 9.22. The molecule has 0 spiro atoms. The number of anilines is 2. The summed E-state index contributed by atoms with van der Waals surface area (Å²) in [5, 5.41) is 17.3. The Morgan fingerprint density at radius 1 is 1.03 bits per heavy atom. The lowest BCUT2D eigenvalue weighted by Gasteiger charge is -2.10. The fraction of sp³-hybridized carbons (Fsp3) is 0.143. The van der Waals surface area contributed by atoms with Crippen molar-refractivity contribution in [1.82, 2.24) is 9.78 Å². The fourth-order valence-corrected chi connectivity index (χ4v) is 2.56. The number of aryl methyl sites for hydroxylation is 1. The number of alkyl halides is 3. The molecule has 2 N–H and O–H groups in total. The summed E-state index contributed by atoms with van der Waals surface area (Å²) in [6.07, 6.45) is -2.67. The second kappa shape index (κ2) is 9.65. The highest BCUT2D eigenvalue weighted by Crippen LogP contribution is 2.32. The van der Waals surface area contributed by atoms with Crippen molar-refractivity contribution in [2.45, 2.75) is 19.1 Å². The summed E-state index contributed by atoms with van der Waals surface area (Å²) in [5.74, 6) is -1.48. The normalized spacial score (nSPS) is 10.8. The maximum Gasteiger partial charge on any atom is 0.416 e. The van der Waals surface area contributed by atoms with Gasteiger partial charge in [-0.2, -0.15) is 23.5 Å². The number of nitriles is 1. The van der Waals surface area contributed by atoms with E-state index >= 15 is 0 Å². The molecule has 0 aliphatic heterocycles. The molecule has 0 unspecified atom stereocenters. The first-order valence-corrected chi connectivity index (χ1v) is 9.22. The zero-order chi connectivity index (χ0) is 23.1. The number of carbonyl (C=O) groups is 2. The molecule has 0 saturated heterocycles. The molecular formula is C21H16F3N5O3. The van der Waals surface area contributed by atoms with Crippen LogP contribution >= 0.6 is 0 Å². The van der Waals surface area contributed by atoms with E-state index in [1.165, 1.54) is 47.1 Å². The summed E-state index contributed by atoms with van der Waals surface area (Å²) in [7, 11) is 0. The van der Waals surface area contributed by atoms with Gasteiger partial charge in [0.2, 0.25) is 0 Å². The van der Waals surface area contributed by atoms with Crippen LogP contribution < -0.4 is 15.4 Å². The van der Waals surface area contributed by atoms with Crippen LogP contribution in [-0.2, 0) is 22.3 Å². The molecule has 8 nitrogen and oxygen atoms in total. The van der Waals surface area contributed by atoms with Gasteiger partial charge in [-0.15, -0.1) is 0 Å². The van der Waals surface area contributed by atoms with E-state index < -0.39 is 23.6 Å². The van der Waals surface area contributed by atoms with Crippen molar-refractivity contribution in [2.24, 2.45) is 0 Å². The molecule has 2 amide bonds. The lowest BCUT2D eigenvalue weighted by atomic mass is 10.2. The topological polar surface area (TPSA) is 109 Å². The van der Waals surface area contributed by atoms with Gasteiger partial charge in [0.1, 0.15) is 11.5 Å². The number of nitrogens with one attached hydrogen (secondary N) is 2. The van der Waals surface area contributed by atoms with Crippen LogP contribution in [0.3, 0.4) is 0 Å². The largest absolute Gasteiger partial charge is 0.457 e. The van der Waals surface area contributed by atoms with Crippen LogP contribution in [-0.4, -0.2) is 21.6 Å². The minimum Gasteiger partial charge on any atom is -0.457 e. The van der Waals surface area contributed by atoms with E-state index in [1.54, 1.807) is 6.20 Å². The van der Waals surface area contributed by atoms with Crippen molar-refractivity contribution < 1.29 is 27.5 Å². The van der Waals surface area contributed by atoms with E-state index in [4.69, 9.17) is 10.00 Å². The first-order chi connectivity index (χ1) is 15.2. The van der Waals surface area contributed by atoms with E-state index in [0.717, 1.165) is 12.1 Å². The third-order valence-electron chi connectivity index (χ3n) is 4.05. The molecule has 1 aromatic heterocycles. The first kappa shape index (κ1) is 22.4. The Hall–Kier alpha value is -4.33. The van der Waals surface area contributed by atoms with Gasteiger partial charge in [0.05, 0.1) is 24.6 Å². The maximum atomic E-state index is 12.8. The molecular weight excluding hydrogens is 427 g/mol. The van der Waals surface area contributed by atoms with E-state index in [-0.39, 0.29) is 29.4 Å². The van der Waals surface area contributed by atoms with Crippen LogP contribution in [0.4, 0.5) is 24.7 Å². The third kappa shape index (κ3) is 6.09. The van der Waals surface area contributed by atoms with E-state index in [1.807, 2.05) is 6.07 Å². The number of halogens is 3.